The molecule has 1 atom stereocenters. The molecule has 1 aliphatic rings. The molecule has 114 valence electrons. The van der Waals surface area contributed by atoms with E-state index in [2.05, 4.69) is 5.32 Å². The molecule has 1 N–H and O–H groups in total. The van der Waals surface area contributed by atoms with E-state index in [9.17, 15) is 9.59 Å². The summed E-state index contributed by atoms with van der Waals surface area (Å²) in [6.07, 6.45) is 2.79. The monoisotopic (exact) mass is 307 g/mol. The second-order valence-electron chi connectivity index (χ2n) is 5.35. The van der Waals surface area contributed by atoms with Crippen LogP contribution in [0, 0.1) is 0 Å². The molecule has 5 heteroatoms. The van der Waals surface area contributed by atoms with Crippen molar-refractivity contribution < 1.29 is 14.3 Å². The van der Waals surface area contributed by atoms with Crippen LogP contribution in [0.4, 0.5) is 5.69 Å². The predicted octanol–water partition coefficient (Wildman–Crippen LogP) is 3.48. The third kappa shape index (κ3) is 4.00. The number of esters is 1. The lowest BCUT2D eigenvalue weighted by Gasteiger charge is -2.21. The Labute approximate surface area is 129 Å². The number of hydrogen-bond acceptors (Lipinski definition) is 4. The number of nitrogens with one attached hydrogen (secondary N) is 1. The van der Waals surface area contributed by atoms with Crippen LogP contribution < -0.4 is 5.32 Å². The minimum atomic E-state index is -0.335. The third-order valence-corrected chi connectivity index (χ3v) is 5.03. The van der Waals surface area contributed by atoms with Crippen molar-refractivity contribution >= 4 is 29.3 Å². The molecular weight excluding hydrogens is 286 g/mol. The standard InChI is InChI=1S/C16H21NO3S/c1-3-10-20-14(18)12-5-7-13(8-6-12)17-15(19)16(2)9-4-11-21-16/h5-8H,3-4,9-11H2,1-2H3,(H,17,19). The molecular formula is C16H21NO3S. The topological polar surface area (TPSA) is 55.4 Å². The van der Waals surface area contributed by atoms with Crippen LogP contribution in [-0.4, -0.2) is 29.0 Å². The smallest absolute Gasteiger partial charge is 0.338 e. The molecule has 1 amide bonds. The van der Waals surface area contributed by atoms with Gasteiger partial charge in [0.15, 0.2) is 0 Å². The van der Waals surface area contributed by atoms with Crippen LogP contribution >= 0.6 is 11.8 Å². The molecule has 0 bridgehead atoms. The van der Waals surface area contributed by atoms with Gasteiger partial charge in [0, 0.05) is 5.69 Å². The zero-order chi connectivity index (χ0) is 15.3. The first kappa shape index (κ1) is 15.9. The summed E-state index contributed by atoms with van der Waals surface area (Å²) in [6, 6.07) is 6.84. The molecule has 21 heavy (non-hydrogen) atoms. The number of carbonyl (C=O) groups is 2. The highest BCUT2D eigenvalue weighted by Gasteiger charge is 2.37. The van der Waals surface area contributed by atoms with E-state index in [0.717, 1.165) is 25.0 Å². The molecule has 1 heterocycles. The molecule has 1 aromatic carbocycles. The highest BCUT2D eigenvalue weighted by atomic mass is 32.2. The molecule has 1 fully saturated rings. The van der Waals surface area contributed by atoms with Crippen LogP contribution in [0.1, 0.15) is 43.5 Å². The summed E-state index contributed by atoms with van der Waals surface area (Å²) in [5, 5.41) is 2.92. The maximum atomic E-state index is 12.3. The Morgan fingerprint density at radius 3 is 2.62 bits per heavy atom. The lowest BCUT2D eigenvalue weighted by molar-refractivity contribution is -0.118. The van der Waals surface area contributed by atoms with E-state index < -0.39 is 0 Å². The maximum Gasteiger partial charge on any atom is 0.338 e. The van der Waals surface area contributed by atoms with Crippen LogP contribution in [-0.2, 0) is 9.53 Å². The first-order chi connectivity index (χ1) is 10.0. The number of hydrogen-bond donors (Lipinski definition) is 1. The summed E-state index contributed by atoms with van der Waals surface area (Å²) in [4.78, 5) is 24.0. The van der Waals surface area contributed by atoms with Crippen LogP contribution in [0.2, 0.25) is 0 Å². The molecule has 0 aliphatic carbocycles. The van der Waals surface area contributed by atoms with Crippen molar-refractivity contribution in [3.8, 4) is 0 Å². The summed E-state index contributed by atoms with van der Waals surface area (Å²) in [6.45, 7) is 4.36. The number of anilines is 1. The van der Waals surface area contributed by atoms with Crippen LogP contribution in [0.25, 0.3) is 0 Å². The first-order valence-corrected chi connectivity index (χ1v) is 8.26. The summed E-state index contributed by atoms with van der Waals surface area (Å²) >= 11 is 1.70. The Kier molecular flexibility index (Phi) is 5.28. The van der Waals surface area contributed by atoms with Crippen LogP contribution in [0.3, 0.4) is 0 Å². The third-order valence-electron chi connectivity index (χ3n) is 3.51. The van der Waals surface area contributed by atoms with Gasteiger partial charge in [-0.1, -0.05) is 6.92 Å². The van der Waals surface area contributed by atoms with E-state index in [4.69, 9.17) is 4.74 Å². The van der Waals surface area contributed by atoms with Gasteiger partial charge in [0.05, 0.1) is 16.9 Å². The van der Waals surface area contributed by atoms with Gasteiger partial charge in [-0.2, -0.15) is 0 Å². The Hall–Kier alpha value is -1.49. The van der Waals surface area contributed by atoms with E-state index >= 15 is 0 Å². The van der Waals surface area contributed by atoms with Crippen molar-refractivity contribution in [2.75, 3.05) is 17.7 Å². The average Bonchev–Trinajstić information content (AvgIpc) is 2.94. The second-order valence-corrected chi connectivity index (χ2v) is 6.95. The van der Waals surface area contributed by atoms with Gasteiger partial charge in [-0.05, 0) is 56.2 Å². The number of rotatable bonds is 5. The van der Waals surface area contributed by atoms with Crippen molar-refractivity contribution in [1.29, 1.82) is 0 Å². The Bertz CT molecular complexity index is 507. The molecule has 1 saturated heterocycles. The van der Waals surface area contributed by atoms with Crippen molar-refractivity contribution in [2.45, 2.75) is 37.9 Å². The molecule has 0 radical (unpaired) electrons. The van der Waals surface area contributed by atoms with Crippen molar-refractivity contribution in [3.63, 3.8) is 0 Å². The molecule has 1 aromatic rings. The van der Waals surface area contributed by atoms with Crippen molar-refractivity contribution in [3.05, 3.63) is 29.8 Å². The first-order valence-electron chi connectivity index (χ1n) is 7.28. The minimum absolute atomic E-state index is 0.0336. The van der Waals surface area contributed by atoms with E-state index in [1.807, 2.05) is 13.8 Å². The fourth-order valence-electron chi connectivity index (χ4n) is 2.19. The molecule has 2 rings (SSSR count). The fraction of sp³-hybridized carbons (Fsp3) is 0.500. The molecule has 0 saturated carbocycles. The lowest BCUT2D eigenvalue weighted by Crippen LogP contribution is -2.34. The second kappa shape index (κ2) is 6.98. The highest BCUT2D eigenvalue weighted by Crippen LogP contribution is 2.38. The van der Waals surface area contributed by atoms with Gasteiger partial charge in [0.2, 0.25) is 5.91 Å². The van der Waals surface area contributed by atoms with Gasteiger partial charge in [0.25, 0.3) is 0 Å². The Balaban J connectivity index is 1.96. The quantitative estimate of drug-likeness (QED) is 0.846. The minimum Gasteiger partial charge on any atom is -0.462 e. The average molecular weight is 307 g/mol. The summed E-state index contributed by atoms with van der Waals surface area (Å²) in [5.41, 5.74) is 1.21. The van der Waals surface area contributed by atoms with E-state index in [0.29, 0.717) is 17.9 Å². The fourth-order valence-corrected chi connectivity index (χ4v) is 3.40. The highest BCUT2D eigenvalue weighted by molar-refractivity contribution is 8.01. The van der Waals surface area contributed by atoms with E-state index in [-0.39, 0.29) is 16.6 Å². The Morgan fingerprint density at radius 2 is 2.05 bits per heavy atom. The zero-order valence-electron chi connectivity index (χ0n) is 12.5. The van der Waals surface area contributed by atoms with Gasteiger partial charge in [0.1, 0.15) is 0 Å². The number of ether oxygens (including phenoxy) is 1. The maximum absolute atomic E-state index is 12.3. The molecule has 0 aromatic heterocycles. The van der Waals surface area contributed by atoms with Crippen molar-refractivity contribution in [2.24, 2.45) is 0 Å². The summed E-state index contributed by atoms with van der Waals surface area (Å²) in [7, 11) is 0. The van der Waals surface area contributed by atoms with E-state index in [1.165, 1.54) is 0 Å². The van der Waals surface area contributed by atoms with Crippen LogP contribution in [0.15, 0.2) is 24.3 Å². The van der Waals surface area contributed by atoms with Crippen LogP contribution in [0.5, 0.6) is 0 Å². The molecule has 0 spiro atoms. The van der Waals surface area contributed by atoms with Gasteiger partial charge < -0.3 is 10.1 Å². The largest absolute Gasteiger partial charge is 0.462 e. The van der Waals surface area contributed by atoms with Gasteiger partial charge in [-0.15, -0.1) is 11.8 Å². The van der Waals surface area contributed by atoms with Gasteiger partial charge >= 0.3 is 5.97 Å². The molecule has 4 nitrogen and oxygen atoms in total. The number of amides is 1. The number of thioether (sulfide) groups is 1. The van der Waals surface area contributed by atoms with Gasteiger partial charge in [-0.25, -0.2) is 4.79 Å². The normalized spacial score (nSPS) is 21.0. The zero-order valence-corrected chi connectivity index (χ0v) is 13.3. The summed E-state index contributed by atoms with van der Waals surface area (Å²) in [5.74, 6) is 0.742. The molecule has 1 unspecified atom stereocenters. The number of benzene rings is 1. The van der Waals surface area contributed by atoms with Gasteiger partial charge in [-0.3, -0.25) is 4.79 Å². The number of carbonyl (C=O) groups excluding carboxylic acids is 2. The predicted molar refractivity (Wildman–Crippen MR) is 85.7 cm³/mol. The Morgan fingerprint density at radius 1 is 1.33 bits per heavy atom. The summed E-state index contributed by atoms with van der Waals surface area (Å²) < 4.78 is 4.73. The van der Waals surface area contributed by atoms with E-state index in [1.54, 1.807) is 36.0 Å². The lowest BCUT2D eigenvalue weighted by atomic mass is 10.0. The van der Waals surface area contributed by atoms with Crippen molar-refractivity contribution in [1.82, 2.24) is 0 Å². The SMILES string of the molecule is CCCOC(=O)c1ccc(NC(=O)C2(C)CCCS2)cc1. The molecule has 1 aliphatic heterocycles.